The number of amides is 1. The van der Waals surface area contributed by atoms with E-state index in [2.05, 4.69) is 15.0 Å². The Kier molecular flexibility index (Phi) is 5.70. The zero-order valence-electron chi connectivity index (χ0n) is 14.2. The zero-order chi connectivity index (χ0) is 17.6. The molecule has 1 aliphatic heterocycles. The Bertz CT molecular complexity index is 718. The molecule has 0 atom stereocenters. The molecule has 1 fully saturated rings. The first-order chi connectivity index (χ1) is 12.2. The van der Waals surface area contributed by atoms with Gasteiger partial charge in [0.2, 0.25) is 0 Å². The summed E-state index contributed by atoms with van der Waals surface area (Å²) >= 11 is 1.48. The molecule has 0 aromatic carbocycles. The Morgan fingerprint density at radius 2 is 1.96 bits per heavy atom. The number of nitrogens with zero attached hydrogens (tertiary/aromatic N) is 4. The number of hydrogen-bond donors (Lipinski definition) is 0. The molecule has 2 aromatic rings. The van der Waals surface area contributed by atoms with Crippen molar-refractivity contribution in [2.75, 3.05) is 26.5 Å². The Morgan fingerprint density at radius 3 is 2.60 bits per heavy atom. The van der Waals surface area contributed by atoms with Gasteiger partial charge < -0.3 is 14.4 Å². The number of carbonyl (C=O) groups is 1. The number of aromatic nitrogens is 3. The Balaban J connectivity index is 1.56. The number of methoxy groups -OCH3 is 1. The monoisotopic (exact) mass is 360 g/mol. The summed E-state index contributed by atoms with van der Waals surface area (Å²) in [7, 11) is 1.57. The van der Waals surface area contributed by atoms with Gasteiger partial charge in [-0.2, -0.15) is 9.97 Å². The number of rotatable bonds is 5. The van der Waals surface area contributed by atoms with Crippen LogP contribution in [0.15, 0.2) is 35.7 Å². The van der Waals surface area contributed by atoms with E-state index in [0.717, 1.165) is 17.9 Å². The predicted octanol–water partition coefficient (Wildman–Crippen LogP) is 2.29. The lowest BCUT2D eigenvalue weighted by Crippen LogP contribution is -2.42. The van der Waals surface area contributed by atoms with Gasteiger partial charge in [-0.25, -0.2) is 4.98 Å². The molecule has 8 heteroatoms. The third kappa shape index (κ3) is 4.19. The third-order valence-electron chi connectivity index (χ3n) is 4.04. The molecule has 7 nitrogen and oxygen atoms in total. The van der Waals surface area contributed by atoms with E-state index in [4.69, 9.17) is 9.47 Å². The van der Waals surface area contributed by atoms with Crippen LogP contribution in [0.2, 0.25) is 0 Å². The van der Waals surface area contributed by atoms with Crippen LogP contribution in [0.1, 0.15) is 23.2 Å². The highest BCUT2D eigenvalue weighted by Crippen LogP contribution is 2.22. The van der Waals surface area contributed by atoms with Gasteiger partial charge in [-0.15, -0.1) is 11.8 Å². The fraction of sp³-hybridized carbons (Fsp3) is 0.412. The van der Waals surface area contributed by atoms with E-state index >= 15 is 0 Å². The second-order valence-corrected chi connectivity index (χ2v) is 6.37. The summed E-state index contributed by atoms with van der Waals surface area (Å²) < 4.78 is 10.8. The minimum Gasteiger partial charge on any atom is -0.494 e. The van der Waals surface area contributed by atoms with E-state index in [-0.39, 0.29) is 12.0 Å². The summed E-state index contributed by atoms with van der Waals surface area (Å²) in [5.74, 6) is 0.616. The minimum absolute atomic E-state index is 0.00589. The Labute approximate surface area is 150 Å². The zero-order valence-corrected chi connectivity index (χ0v) is 15.0. The van der Waals surface area contributed by atoms with E-state index in [1.807, 2.05) is 17.2 Å². The average molecular weight is 360 g/mol. The van der Waals surface area contributed by atoms with Gasteiger partial charge in [0.25, 0.3) is 5.91 Å². The quantitative estimate of drug-likeness (QED) is 0.757. The molecular weight excluding hydrogens is 340 g/mol. The Hall–Kier alpha value is -2.35. The summed E-state index contributed by atoms with van der Waals surface area (Å²) in [5, 5.41) is 0.762. The molecule has 0 bridgehead atoms. The lowest BCUT2D eigenvalue weighted by Gasteiger charge is -2.31. The third-order valence-corrected chi connectivity index (χ3v) is 4.75. The van der Waals surface area contributed by atoms with Crippen LogP contribution in [0.25, 0.3) is 0 Å². The fourth-order valence-electron chi connectivity index (χ4n) is 2.68. The number of ether oxygens (including phenoxy) is 2. The van der Waals surface area contributed by atoms with Crippen LogP contribution in [-0.2, 0) is 0 Å². The van der Waals surface area contributed by atoms with Crippen molar-refractivity contribution in [1.29, 1.82) is 0 Å². The van der Waals surface area contributed by atoms with Gasteiger partial charge in [0.15, 0.2) is 5.75 Å². The SMILES string of the molecule is COc1cnc(OC2CCN(C(=O)c3cccnc3SC)CC2)nc1. The molecule has 0 spiro atoms. The van der Waals surface area contributed by atoms with Gasteiger partial charge in [0, 0.05) is 32.1 Å². The summed E-state index contributed by atoms with van der Waals surface area (Å²) in [6, 6.07) is 3.96. The molecule has 3 heterocycles. The minimum atomic E-state index is 0.00589. The maximum Gasteiger partial charge on any atom is 0.316 e. The second-order valence-electron chi connectivity index (χ2n) is 5.58. The fourth-order valence-corrected chi connectivity index (χ4v) is 3.22. The smallest absolute Gasteiger partial charge is 0.316 e. The van der Waals surface area contributed by atoms with Crippen LogP contribution in [0, 0.1) is 0 Å². The molecule has 1 amide bonds. The van der Waals surface area contributed by atoms with E-state index < -0.39 is 0 Å². The molecular formula is C17H20N4O3S. The highest BCUT2D eigenvalue weighted by atomic mass is 32.2. The van der Waals surface area contributed by atoms with Gasteiger partial charge in [0.1, 0.15) is 11.1 Å². The van der Waals surface area contributed by atoms with Crippen LogP contribution in [0.4, 0.5) is 0 Å². The van der Waals surface area contributed by atoms with Gasteiger partial charge in [-0.05, 0) is 18.4 Å². The van der Waals surface area contributed by atoms with Crippen LogP contribution >= 0.6 is 11.8 Å². The number of thioether (sulfide) groups is 1. The number of likely N-dealkylation sites (tertiary alicyclic amines) is 1. The summed E-state index contributed by atoms with van der Waals surface area (Å²) in [6.07, 6.45) is 8.28. The van der Waals surface area contributed by atoms with Gasteiger partial charge in [0.05, 0.1) is 25.1 Å². The lowest BCUT2D eigenvalue weighted by molar-refractivity contribution is 0.0574. The van der Waals surface area contributed by atoms with Crippen molar-refractivity contribution >= 4 is 17.7 Å². The molecule has 0 unspecified atom stereocenters. The van der Waals surface area contributed by atoms with Crippen molar-refractivity contribution in [2.24, 2.45) is 0 Å². The first-order valence-corrected chi connectivity index (χ1v) is 9.24. The molecule has 1 aliphatic rings. The molecule has 25 heavy (non-hydrogen) atoms. The second kappa shape index (κ2) is 8.15. The standard InChI is InChI=1S/C17H20N4O3S/c1-23-13-10-19-17(20-11-13)24-12-5-8-21(9-6-12)16(22)14-4-3-7-18-15(14)25-2/h3-4,7,10-12H,5-6,8-9H2,1-2H3. The summed E-state index contributed by atoms with van der Waals surface area (Å²) in [6.45, 7) is 1.28. The first kappa shape index (κ1) is 17.5. The van der Waals surface area contributed by atoms with E-state index in [0.29, 0.717) is 30.4 Å². The van der Waals surface area contributed by atoms with E-state index in [1.165, 1.54) is 11.8 Å². The largest absolute Gasteiger partial charge is 0.494 e. The number of piperidine rings is 1. The topological polar surface area (TPSA) is 77.4 Å². The molecule has 0 aliphatic carbocycles. The first-order valence-electron chi connectivity index (χ1n) is 8.02. The van der Waals surface area contributed by atoms with Crippen LogP contribution < -0.4 is 9.47 Å². The van der Waals surface area contributed by atoms with Crippen LogP contribution in [0.5, 0.6) is 11.8 Å². The maximum absolute atomic E-state index is 12.7. The van der Waals surface area contributed by atoms with E-state index in [9.17, 15) is 4.79 Å². The molecule has 0 saturated carbocycles. The summed E-state index contributed by atoms with van der Waals surface area (Å²) in [4.78, 5) is 27.1. The highest BCUT2D eigenvalue weighted by molar-refractivity contribution is 7.98. The van der Waals surface area contributed by atoms with Crippen molar-refractivity contribution in [3.05, 3.63) is 36.3 Å². The molecule has 1 saturated heterocycles. The van der Waals surface area contributed by atoms with Crippen molar-refractivity contribution in [3.8, 4) is 11.8 Å². The van der Waals surface area contributed by atoms with Crippen molar-refractivity contribution in [3.63, 3.8) is 0 Å². The Morgan fingerprint density at radius 1 is 1.24 bits per heavy atom. The van der Waals surface area contributed by atoms with E-state index in [1.54, 1.807) is 31.8 Å². The van der Waals surface area contributed by atoms with Crippen LogP contribution in [0.3, 0.4) is 0 Å². The molecule has 0 radical (unpaired) electrons. The van der Waals surface area contributed by atoms with Crippen molar-refractivity contribution < 1.29 is 14.3 Å². The van der Waals surface area contributed by atoms with Crippen LogP contribution in [-0.4, -0.2) is 58.3 Å². The van der Waals surface area contributed by atoms with Gasteiger partial charge in [-0.3, -0.25) is 4.79 Å². The number of hydrogen-bond acceptors (Lipinski definition) is 7. The highest BCUT2D eigenvalue weighted by Gasteiger charge is 2.26. The predicted molar refractivity (Wildman–Crippen MR) is 94.2 cm³/mol. The molecule has 132 valence electrons. The molecule has 3 rings (SSSR count). The maximum atomic E-state index is 12.7. The summed E-state index contributed by atoms with van der Waals surface area (Å²) in [5.41, 5.74) is 0.660. The normalized spacial score (nSPS) is 15.0. The average Bonchev–Trinajstić information content (AvgIpc) is 2.68. The van der Waals surface area contributed by atoms with Crippen molar-refractivity contribution in [1.82, 2.24) is 19.9 Å². The molecule has 2 aromatic heterocycles. The van der Waals surface area contributed by atoms with Gasteiger partial charge in [-0.1, -0.05) is 0 Å². The number of carbonyl (C=O) groups excluding carboxylic acids is 1. The number of pyridine rings is 1. The lowest BCUT2D eigenvalue weighted by atomic mass is 10.1. The van der Waals surface area contributed by atoms with Crippen molar-refractivity contribution in [2.45, 2.75) is 24.0 Å². The molecule has 0 N–H and O–H groups in total. The van der Waals surface area contributed by atoms with Gasteiger partial charge >= 0.3 is 6.01 Å².